The standard InChI is InChI=1S/C35H50FN3O3/c1-7-17-42-32-14-9-8-12-29(32)18-24(4)22-37-34(40)31(21-27-15-16-27)39-35(41)33(23(2)3)38-26(6)25(5)19-28-11-10-13-30(36)20-28/h8-14,20,23-25,27,31,33,38H,6-7,15-19,21-22H2,1-5H3,(H,37,40)(H,39,41)/t24-,25-,31+,33-/m1/s1. The van der Waals surface area contributed by atoms with Crippen molar-refractivity contribution in [3.8, 4) is 5.75 Å². The molecular formula is C35H50FN3O3. The summed E-state index contributed by atoms with van der Waals surface area (Å²) >= 11 is 0. The molecule has 0 aliphatic heterocycles. The molecule has 2 aromatic rings. The van der Waals surface area contributed by atoms with Gasteiger partial charge in [0.2, 0.25) is 11.8 Å². The Labute approximate surface area is 251 Å². The number of halogens is 1. The Morgan fingerprint density at radius 1 is 1.00 bits per heavy atom. The van der Waals surface area contributed by atoms with Crippen molar-refractivity contribution in [1.82, 2.24) is 16.0 Å². The molecule has 0 unspecified atom stereocenters. The third kappa shape index (κ3) is 10.8. The maximum absolute atomic E-state index is 13.6. The molecule has 0 saturated heterocycles. The van der Waals surface area contributed by atoms with Gasteiger partial charge < -0.3 is 20.7 Å². The number of carbonyl (C=O) groups is 2. The molecule has 3 rings (SSSR count). The maximum Gasteiger partial charge on any atom is 0.243 e. The lowest BCUT2D eigenvalue weighted by Crippen LogP contribution is -2.54. The van der Waals surface area contributed by atoms with Gasteiger partial charge in [-0.2, -0.15) is 0 Å². The van der Waals surface area contributed by atoms with Gasteiger partial charge in [0.05, 0.1) is 6.61 Å². The summed E-state index contributed by atoms with van der Waals surface area (Å²) < 4.78 is 19.5. The molecule has 1 aliphatic rings. The minimum atomic E-state index is -0.585. The lowest BCUT2D eigenvalue weighted by Gasteiger charge is -2.28. The number of hydrogen-bond donors (Lipinski definition) is 3. The quantitative estimate of drug-likeness (QED) is 0.197. The summed E-state index contributed by atoms with van der Waals surface area (Å²) in [7, 11) is 0. The zero-order valence-electron chi connectivity index (χ0n) is 26.0. The average molecular weight is 580 g/mol. The van der Waals surface area contributed by atoms with E-state index >= 15 is 0 Å². The fourth-order valence-corrected chi connectivity index (χ4v) is 5.07. The molecule has 230 valence electrons. The number of amides is 2. The van der Waals surface area contributed by atoms with E-state index in [4.69, 9.17) is 4.74 Å². The number of allylic oxidation sites excluding steroid dienone is 1. The molecule has 7 heteroatoms. The molecule has 0 bridgehead atoms. The molecule has 1 aliphatic carbocycles. The first kappa shape index (κ1) is 33.2. The van der Waals surface area contributed by atoms with Crippen LogP contribution in [0.1, 0.15) is 71.4 Å². The predicted molar refractivity (Wildman–Crippen MR) is 168 cm³/mol. The van der Waals surface area contributed by atoms with E-state index in [9.17, 15) is 14.0 Å². The molecule has 4 atom stereocenters. The molecule has 0 aromatic heterocycles. The minimum Gasteiger partial charge on any atom is -0.493 e. The Morgan fingerprint density at radius 3 is 2.40 bits per heavy atom. The van der Waals surface area contributed by atoms with E-state index in [2.05, 4.69) is 42.4 Å². The number of rotatable bonds is 18. The molecule has 2 aromatic carbocycles. The highest BCUT2D eigenvalue weighted by atomic mass is 19.1. The van der Waals surface area contributed by atoms with Crippen LogP contribution in [-0.4, -0.2) is 37.0 Å². The molecule has 2 amide bonds. The van der Waals surface area contributed by atoms with Crippen LogP contribution in [0.25, 0.3) is 0 Å². The largest absolute Gasteiger partial charge is 0.493 e. The fraction of sp³-hybridized carbons (Fsp3) is 0.543. The number of carbonyl (C=O) groups excluding carboxylic acids is 2. The van der Waals surface area contributed by atoms with Crippen LogP contribution in [0.3, 0.4) is 0 Å². The van der Waals surface area contributed by atoms with Crippen LogP contribution in [0, 0.1) is 29.5 Å². The van der Waals surface area contributed by atoms with Crippen molar-refractivity contribution in [2.45, 2.75) is 85.2 Å². The molecule has 3 N–H and O–H groups in total. The second kappa shape index (κ2) is 16.3. The van der Waals surface area contributed by atoms with Crippen LogP contribution in [0.15, 0.2) is 60.8 Å². The summed E-state index contributed by atoms with van der Waals surface area (Å²) in [4.78, 5) is 26.8. The topological polar surface area (TPSA) is 79.5 Å². The second-order valence-corrected chi connectivity index (χ2v) is 12.4. The normalized spacial score (nSPS) is 15.8. The van der Waals surface area contributed by atoms with Gasteiger partial charge in [0, 0.05) is 12.2 Å². The van der Waals surface area contributed by atoms with Crippen molar-refractivity contribution in [2.24, 2.45) is 23.7 Å². The third-order valence-electron chi connectivity index (χ3n) is 7.84. The van der Waals surface area contributed by atoms with Crippen LogP contribution in [0.5, 0.6) is 5.75 Å². The van der Waals surface area contributed by atoms with Crippen molar-refractivity contribution in [2.75, 3.05) is 13.2 Å². The van der Waals surface area contributed by atoms with Gasteiger partial charge in [-0.15, -0.1) is 0 Å². The van der Waals surface area contributed by atoms with Crippen molar-refractivity contribution in [3.05, 3.63) is 77.8 Å². The maximum atomic E-state index is 13.6. The highest BCUT2D eigenvalue weighted by Gasteiger charge is 2.33. The Hall–Kier alpha value is -3.35. The van der Waals surface area contributed by atoms with E-state index in [1.54, 1.807) is 6.07 Å². The zero-order chi connectivity index (χ0) is 30.6. The Bertz CT molecular complexity index is 1180. The minimum absolute atomic E-state index is 0.00889. The van der Waals surface area contributed by atoms with Crippen LogP contribution >= 0.6 is 0 Å². The van der Waals surface area contributed by atoms with Crippen molar-refractivity contribution >= 4 is 11.8 Å². The number of nitrogens with one attached hydrogen (secondary N) is 3. The molecule has 0 radical (unpaired) electrons. The van der Waals surface area contributed by atoms with Crippen LogP contribution in [-0.2, 0) is 22.4 Å². The van der Waals surface area contributed by atoms with Crippen molar-refractivity contribution in [3.63, 3.8) is 0 Å². The van der Waals surface area contributed by atoms with Gasteiger partial charge in [-0.3, -0.25) is 9.59 Å². The second-order valence-electron chi connectivity index (χ2n) is 12.4. The first-order valence-corrected chi connectivity index (χ1v) is 15.6. The van der Waals surface area contributed by atoms with Gasteiger partial charge in [0.15, 0.2) is 0 Å². The van der Waals surface area contributed by atoms with E-state index in [1.807, 2.05) is 45.0 Å². The molecule has 0 spiro atoms. The summed E-state index contributed by atoms with van der Waals surface area (Å²) in [5.41, 5.74) is 2.73. The zero-order valence-corrected chi connectivity index (χ0v) is 26.0. The van der Waals surface area contributed by atoms with E-state index in [0.717, 1.165) is 42.6 Å². The summed E-state index contributed by atoms with van der Waals surface area (Å²) in [6.07, 6.45) is 5.16. The number of benzene rings is 2. The number of ether oxygens (including phenoxy) is 1. The van der Waals surface area contributed by atoms with Crippen LogP contribution in [0.4, 0.5) is 4.39 Å². The van der Waals surface area contributed by atoms with Crippen LogP contribution in [0.2, 0.25) is 0 Å². The summed E-state index contributed by atoms with van der Waals surface area (Å²) in [5, 5.41) is 9.47. The SMILES string of the molecule is C=C(N[C@@H](C(=O)N[C@@H](CC1CC1)C(=O)NC[C@H](C)Cc1ccccc1OCCC)C(C)C)[C@H](C)Cc1cccc(F)c1. The van der Waals surface area contributed by atoms with Crippen molar-refractivity contribution in [1.29, 1.82) is 0 Å². The molecule has 6 nitrogen and oxygen atoms in total. The van der Waals surface area contributed by atoms with Gasteiger partial charge in [-0.05, 0) is 78.7 Å². The molecule has 1 fully saturated rings. The summed E-state index contributed by atoms with van der Waals surface area (Å²) in [6, 6.07) is 13.5. The van der Waals surface area contributed by atoms with Crippen LogP contribution < -0.4 is 20.7 Å². The molecule has 1 saturated carbocycles. The Morgan fingerprint density at radius 2 is 1.74 bits per heavy atom. The summed E-state index contributed by atoms with van der Waals surface area (Å²) in [5.74, 6) is 0.915. The lowest BCUT2D eigenvalue weighted by atomic mass is 9.96. The first-order valence-electron chi connectivity index (χ1n) is 15.6. The smallest absolute Gasteiger partial charge is 0.243 e. The molecule has 42 heavy (non-hydrogen) atoms. The van der Waals surface area contributed by atoms with E-state index in [0.29, 0.717) is 37.6 Å². The molecular weight excluding hydrogens is 529 g/mol. The van der Waals surface area contributed by atoms with Crippen molar-refractivity contribution < 1.29 is 18.7 Å². The number of para-hydroxylation sites is 1. The molecule has 0 heterocycles. The Kier molecular flexibility index (Phi) is 12.9. The lowest BCUT2D eigenvalue weighted by molar-refractivity contribution is -0.130. The number of hydrogen-bond acceptors (Lipinski definition) is 4. The Balaban J connectivity index is 1.57. The van der Waals surface area contributed by atoms with Gasteiger partial charge >= 0.3 is 0 Å². The van der Waals surface area contributed by atoms with Gasteiger partial charge in [-0.25, -0.2) is 4.39 Å². The van der Waals surface area contributed by atoms with E-state index in [-0.39, 0.29) is 35.4 Å². The highest BCUT2D eigenvalue weighted by Crippen LogP contribution is 2.33. The average Bonchev–Trinajstić information content (AvgIpc) is 3.77. The van der Waals surface area contributed by atoms with E-state index in [1.165, 1.54) is 12.1 Å². The monoisotopic (exact) mass is 579 g/mol. The van der Waals surface area contributed by atoms with E-state index < -0.39 is 12.1 Å². The predicted octanol–water partition coefficient (Wildman–Crippen LogP) is 6.20. The highest BCUT2D eigenvalue weighted by molar-refractivity contribution is 5.90. The first-order chi connectivity index (χ1) is 20.1. The van der Waals surface area contributed by atoms with Gasteiger partial charge in [0.1, 0.15) is 23.7 Å². The third-order valence-corrected chi connectivity index (χ3v) is 7.84. The van der Waals surface area contributed by atoms with Gasteiger partial charge in [0.25, 0.3) is 0 Å². The van der Waals surface area contributed by atoms with Gasteiger partial charge in [-0.1, -0.05) is 84.4 Å². The fourth-order valence-electron chi connectivity index (χ4n) is 5.07. The summed E-state index contributed by atoms with van der Waals surface area (Å²) in [6.45, 7) is 15.5.